The number of carboxylic acid groups (broad SMARTS) is 1. The van der Waals surface area contributed by atoms with Gasteiger partial charge in [-0.05, 0) is 38.0 Å². The SMILES string of the molecule is CC1(C(=O)O)CCCN1c1ccc(Cl)cc1C#N. The maximum Gasteiger partial charge on any atom is 0.329 e. The molecular formula is C13H13ClN2O2. The zero-order valence-corrected chi connectivity index (χ0v) is 10.7. The van der Waals surface area contributed by atoms with Crippen molar-refractivity contribution in [1.29, 1.82) is 5.26 Å². The van der Waals surface area contributed by atoms with E-state index in [1.807, 2.05) is 0 Å². The highest BCUT2D eigenvalue weighted by molar-refractivity contribution is 6.30. The van der Waals surface area contributed by atoms with Crippen molar-refractivity contribution in [2.45, 2.75) is 25.3 Å². The van der Waals surface area contributed by atoms with Gasteiger partial charge in [0, 0.05) is 11.6 Å². The number of halogens is 1. The second-order valence-corrected chi connectivity index (χ2v) is 5.04. The van der Waals surface area contributed by atoms with Crippen LogP contribution in [0.25, 0.3) is 0 Å². The third kappa shape index (κ3) is 1.91. The van der Waals surface area contributed by atoms with E-state index in [-0.39, 0.29) is 0 Å². The van der Waals surface area contributed by atoms with Crippen molar-refractivity contribution in [3.05, 3.63) is 28.8 Å². The molecule has 0 spiro atoms. The second-order valence-electron chi connectivity index (χ2n) is 4.61. The minimum atomic E-state index is -0.945. The molecule has 1 aromatic carbocycles. The highest BCUT2D eigenvalue weighted by Gasteiger charge is 2.44. The van der Waals surface area contributed by atoms with Gasteiger partial charge in [-0.2, -0.15) is 5.26 Å². The zero-order chi connectivity index (χ0) is 13.3. The molecule has 0 amide bonds. The van der Waals surface area contributed by atoms with E-state index in [1.165, 1.54) is 0 Å². The van der Waals surface area contributed by atoms with Crippen LogP contribution in [0.15, 0.2) is 18.2 Å². The van der Waals surface area contributed by atoms with Crippen molar-refractivity contribution in [3.8, 4) is 6.07 Å². The van der Waals surface area contributed by atoms with Crippen molar-refractivity contribution in [2.24, 2.45) is 0 Å². The molecule has 18 heavy (non-hydrogen) atoms. The van der Waals surface area contributed by atoms with Gasteiger partial charge in [-0.25, -0.2) is 4.79 Å². The first-order chi connectivity index (χ1) is 8.49. The van der Waals surface area contributed by atoms with E-state index in [1.54, 1.807) is 30.0 Å². The van der Waals surface area contributed by atoms with Crippen molar-refractivity contribution in [2.75, 3.05) is 11.4 Å². The van der Waals surface area contributed by atoms with Crippen molar-refractivity contribution in [3.63, 3.8) is 0 Å². The summed E-state index contributed by atoms with van der Waals surface area (Å²) >= 11 is 5.85. The molecular weight excluding hydrogens is 252 g/mol. The number of rotatable bonds is 2. The lowest BCUT2D eigenvalue weighted by atomic mass is 9.98. The Hall–Kier alpha value is -1.73. The number of nitriles is 1. The van der Waals surface area contributed by atoms with Crippen LogP contribution in [-0.2, 0) is 4.79 Å². The first-order valence-corrected chi connectivity index (χ1v) is 6.07. The summed E-state index contributed by atoms with van der Waals surface area (Å²) in [6.45, 7) is 2.33. The van der Waals surface area contributed by atoms with Crippen LogP contribution in [0, 0.1) is 11.3 Å². The van der Waals surface area contributed by atoms with E-state index < -0.39 is 11.5 Å². The summed E-state index contributed by atoms with van der Waals surface area (Å²) < 4.78 is 0. The predicted molar refractivity (Wildman–Crippen MR) is 68.8 cm³/mol. The lowest BCUT2D eigenvalue weighted by Crippen LogP contribution is -2.48. The Labute approximate surface area is 110 Å². The van der Waals surface area contributed by atoms with Gasteiger partial charge in [0.2, 0.25) is 0 Å². The molecule has 1 N–H and O–H groups in total. The molecule has 1 heterocycles. The van der Waals surface area contributed by atoms with Crippen LogP contribution >= 0.6 is 11.6 Å². The summed E-state index contributed by atoms with van der Waals surface area (Å²) in [6.07, 6.45) is 1.38. The molecule has 0 aliphatic carbocycles. The summed E-state index contributed by atoms with van der Waals surface area (Å²) in [6, 6.07) is 7.03. The maximum absolute atomic E-state index is 11.4. The van der Waals surface area contributed by atoms with Crippen molar-refractivity contribution in [1.82, 2.24) is 0 Å². The Kier molecular flexibility index (Phi) is 3.18. The number of hydrogen-bond donors (Lipinski definition) is 1. The summed E-state index contributed by atoms with van der Waals surface area (Å²) in [5.41, 5.74) is 0.112. The van der Waals surface area contributed by atoms with Gasteiger partial charge in [0.25, 0.3) is 0 Å². The molecule has 1 aromatic rings. The van der Waals surface area contributed by atoms with Crippen LogP contribution in [0.4, 0.5) is 5.69 Å². The third-order valence-corrected chi connectivity index (χ3v) is 3.71. The van der Waals surface area contributed by atoms with E-state index >= 15 is 0 Å². The molecule has 5 heteroatoms. The first-order valence-electron chi connectivity index (χ1n) is 5.70. The van der Waals surface area contributed by atoms with Crippen LogP contribution in [0.1, 0.15) is 25.3 Å². The van der Waals surface area contributed by atoms with Crippen molar-refractivity contribution >= 4 is 23.3 Å². The Morgan fingerprint density at radius 2 is 2.33 bits per heavy atom. The number of aliphatic carboxylic acids is 1. The largest absolute Gasteiger partial charge is 0.480 e. The smallest absolute Gasteiger partial charge is 0.329 e. The molecule has 1 aliphatic heterocycles. The maximum atomic E-state index is 11.4. The Morgan fingerprint density at radius 3 is 2.94 bits per heavy atom. The fourth-order valence-corrected chi connectivity index (χ4v) is 2.58. The molecule has 1 fully saturated rings. The molecule has 0 saturated carbocycles. The number of carbonyl (C=O) groups is 1. The number of benzene rings is 1. The zero-order valence-electron chi connectivity index (χ0n) is 9.98. The number of carboxylic acids is 1. The highest BCUT2D eigenvalue weighted by atomic mass is 35.5. The minimum absolute atomic E-state index is 0.414. The lowest BCUT2D eigenvalue weighted by molar-refractivity contribution is -0.142. The molecule has 0 bridgehead atoms. The van der Waals surface area contributed by atoms with Gasteiger partial charge in [-0.15, -0.1) is 0 Å². The van der Waals surface area contributed by atoms with E-state index in [9.17, 15) is 9.90 Å². The first kappa shape index (κ1) is 12.7. The third-order valence-electron chi connectivity index (χ3n) is 3.47. The van der Waals surface area contributed by atoms with Gasteiger partial charge in [0.1, 0.15) is 11.6 Å². The fraction of sp³-hybridized carbons (Fsp3) is 0.385. The Morgan fingerprint density at radius 1 is 1.61 bits per heavy atom. The van der Waals surface area contributed by atoms with Gasteiger partial charge in [0.05, 0.1) is 11.3 Å². The van der Waals surface area contributed by atoms with Gasteiger partial charge in [0.15, 0.2) is 0 Å². The summed E-state index contributed by atoms with van der Waals surface area (Å²) in [4.78, 5) is 13.2. The molecule has 0 radical (unpaired) electrons. The number of hydrogen-bond acceptors (Lipinski definition) is 3. The quantitative estimate of drug-likeness (QED) is 0.892. The molecule has 1 aliphatic rings. The fourth-order valence-electron chi connectivity index (χ4n) is 2.40. The van der Waals surface area contributed by atoms with E-state index in [0.717, 1.165) is 6.42 Å². The normalized spacial score (nSPS) is 22.8. The van der Waals surface area contributed by atoms with E-state index in [2.05, 4.69) is 6.07 Å². The number of anilines is 1. The van der Waals surface area contributed by atoms with E-state index in [0.29, 0.717) is 29.2 Å². The van der Waals surface area contributed by atoms with Crippen LogP contribution in [0.5, 0.6) is 0 Å². The van der Waals surface area contributed by atoms with Crippen LogP contribution < -0.4 is 4.90 Å². The lowest BCUT2D eigenvalue weighted by Gasteiger charge is -2.33. The molecule has 94 valence electrons. The van der Waals surface area contributed by atoms with Gasteiger partial charge >= 0.3 is 5.97 Å². The molecule has 1 unspecified atom stereocenters. The molecule has 1 saturated heterocycles. The average Bonchev–Trinajstić information content (AvgIpc) is 2.72. The predicted octanol–water partition coefficient (Wildman–Crippen LogP) is 2.66. The highest BCUT2D eigenvalue weighted by Crippen LogP contribution is 2.36. The van der Waals surface area contributed by atoms with Gasteiger partial charge in [-0.3, -0.25) is 0 Å². The van der Waals surface area contributed by atoms with Crippen LogP contribution in [0.2, 0.25) is 5.02 Å². The molecule has 4 nitrogen and oxygen atoms in total. The number of nitrogens with zero attached hydrogens (tertiary/aromatic N) is 2. The topological polar surface area (TPSA) is 64.3 Å². The van der Waals surface area contributed by atoms with Crippen LogP contribution in [-0.4, -0.2) is 23.2 Å². The molecule has 1 atom stereocenters. The Bertz CT molecular complexity index is 538. The van der Waals surface area contributed by atoms with Gasteiger partial charge in [-0.1, -0.05) is 11.6 Å². The monoisotopic (exact) mass is 264 g/mol. The van der Waals surface area contributed by atoms with Gasteiger partial charge < -0.3 is 10.0 Å². The minimum Gasteiger partial charge on any atom is -0.480 e. The van der Waals surface area contributed by atoms with E-state index in [4.69, 9.17) is 16.9 Å². The summed E-state index contributed by atoms with van der Waals surface area (Å²) in [7, 11) is 0. The Balaban J connectivity index is 2.49. The summed E-state index contributed by atoms with van der Waals surface area (Å²) in [5, 5.41) is 19.0. The standard InChI is InChI=1S/C13H13ClN2O2/c1-13(12(17)18)5-2-6-16(13)11-4-3-10(14)7-9(11)8-15/h3-4,7H,2,5-6H2,1H3,(H,17,18). The van der Waals surface area contributed by atoms with Crippen LogP contribution in [0.3, 0.4) is 0 Å². The molecule has 0 aromatic heterocycles. The summed E-state index contributed by atoms with van der Waals surface area (Å²) in [5.74, 6) is -0.862. The molecule has 2 rings (SSSR count). The second kappa shape index (κ2) is 4.51. The van der Waals surface area contributed by atoms with Crippen molar-refractivity contribution < 1.29 is 9.90 Å². The average molecular weight is 265 g/mol.